The van der Waals surface area contributed by atoms with Crippen LogP contribution in [0, 0.1) is 0 Å². The Morgan fingerprint density at radius 1 is 1.00 bits per heavy atom. The van der Waals surface area contributed by atoms with Crippen LogP contribution in [0.2, 0.25) is 5.02 Å². The third-order valence-electron chi connectivity index (χ3n) is 5.00. The number of halogens is 1. The van der Waals surface area contributed by atoms with Crippen molar-refractivity contribution in [3.8, 4) is 28.4 Å². The SMILES string of the molecule is COc1ccc(-c2c3c(=O)n(C)c(=O)n(C)c3cn2-c2cc(Cl)ccc2O)cc1. The molecule has 0 spiro atoms. The Kier molecular flexibility index (Phi) is 4.47. The minimum absolute atomic E-state index is 0.00806. The van der Waals surface area contributed by atoms with Gasteiger partial charge >= 0.3 is 5.69 Å². The van der Waals surface area contributed by atoms with Crippen molar-refractivity contribution in [1.82, 2.24) is 13.7 Å². The summed E-state index contributed by atoms with van der Waals surface area (Å²) in [6, 6.07) is 11.9. The number of hydrogen-bond donors (Lipinski definition) is 1. The molecule has 0 radical (unpaired) electrons. The molecule has 7 nitrogen and oxygen atoms in total. The number of aryl methyl sites for hydroxylation is 1. The van der Waals surface area contributed by atoms with E-state index in [2.05, 4.69) is 0 Å². The zero-order valence-corrected chi connectivity index (χ0v) is 16.8. The first kappa shape index (κ1) is 18.9. The van der Waals surface area contributed by atoms with Crippen molar-refractivity contribution >= 4 is 22.5 Å². The van der Waals surface area contributed by atoms with Crippen LogP contribution in [0.1, 0.15) is 0 Å². The van der Waals surface area contributed by atoms with E-state index < -0.39 is 11.2 Å². The lowest BCUT2D eigenvalue weighted by atomic mass is 10.1. The molecule has 0 unspecified atom stereocenters. The van der Waals surface area contributed by atoms with Crippen LogP contribution in [0.15, 0.2) is 58.3 Å². The molecule has 0 amide bonds. The molecular formula is C21H18ClN3O4. The lowest BCUT2D eigenvalue weighted by Crippen LogP contribution is -2.36. The second-order valence-electron chi connectivity index (χ2n) is 6.68. The molecule has 2 heterocycles. The normalized spacial score (nSPS) is 11.2. The summed E-state index contributed by atoms with van der Waals surface area (Å²) in [5.41, 5.74) is 1.25. The average molecular weight is 412 g/mol. The Labute approximate surface area is 170 Å². The average Bonchev–Trinajstić information content (AvgIpc) is 3.13. The molecule has 0 saturated heterocycles. The van der Waals surface area contributed by atoms with E-state index in [9.17, 15) is 14.7 Å². The Bertz CT molecular complexity index is 1360. The summed E-state index contributed by atoms with van der Waals surface area (Å²) in [6.45, 7) is 0. The predicted molar refractivity (Wildman–Crippen MR) is 112 cm³/mol. The van der Waals surface area contributed by atoms with Crippen LogP contribution < -0.4 is 16.0 Å². The number of fused-ring (bicyclic) bond motifs is 1. The number of phenols is 1. The molecule has 0 atom stereocenters. The van der Waals surface area contributed by atoms with Crippen LogP contribution >= 0.6 is 11.6 Å². The fraction of sp³-hybridized carbons (Fsp3) is 0.143. The van der Waals surface area contributed by atoms with Crippen molar-refractivity contribution in [1.29, 1.82) is 0 Å². The van der Waals surface area contributed by atoms with Crippen LogP contribution in [0.4, 0.5) is 0 Å². The molecule has 1 N–H and O–H groups in total. The molecule has 0 aliphatic rings. The highest BCUT2D eigenvalue weighted by atomic mass is 35.5. The van der Waals surface area contributed by atoms with E-state index in [4.69, 9.17) is 16.3 Å². The maximum atomic E-state index is 13.0. The first-order valence-electron chi connectivity index (χ1n) is 8.78. The van der Waals surface area contributed by atoms with Crippen LogP contribution in [-0.4, -0.2) is 25.9 Å². The summed E-state index contributed by atoms with van der Waals surface area (Å²) in [6.07, 6.45) is 1.66. The quantitative estimate of drug-likeness (QED) is 0.562. The Morgan fingerprint density at radius 3 is 2.34 bits per heavy atom. The molecule has 0 saturated carbocycles. The van der Waals surface area contributed by atoms with Crippen molar-refractivity contribution < 1.29 is 9.84 Å². The van der Waals surface area contributed by atoms with Crippen molar-refractivity contribution in [2.75, 3.05) is 7.11 Å². The maximum Gasteiger partial charge on any atom is 0.330 e. The Morgan fingerprint density at radius 2 is 1.69 bits per heavy atom. The molecule has 148 valence electrons. The van der Waals surface area contributed by atoms with Gasteiger partial charge in [0.25, 0.3) is 5.56 Å². The largest absolute Gasteiger partial charge is 0.506 e. The predicted octanol–water partition coefficient (Wildman–Crippen LogP) is 3.06. The second-order valence-corrected chi connectivity index (χ2v) is 7.11. The van der Waals surface area contributed by atoms with Gasteiger partial charge in [0.15, 0.2) is 0 Å². The number of benzene rings is 2. The molecule has 0 fully saturated rings. The fourth-order valence-corrected chi connectivity index (χ4v) is 3.62. The van der Waals surface area contributed by atoms with E-state index in [0.29, 0.717) is 33.1 Å². The zero-order valence-electron chi connectivity index (χ0n) is 16.0. The number of methoxy groups -OCH3 is 1. The summed E-state index contributed by atoms with van der Waals surface area (Å²) in [5, 5.41) is 11.3. The topological polar surface area (TPSA) is 78.4 Å². The minimum Gasteiger partial charge on any atom is -0.506 e. The summed E-state index contributed by atoms with van der Waals surface area (Å²) in [5.74, 6) is 0.661. The monoisotopic (exact) mass is 411 g/mol. The van der Waals surface area contributed by atoms with Gasteiger partial charge in [0.05, 0.1) is 29.4 Å². The van der Waals surface area contributed by atoms with E-state index in [1.807, 2.05) is 12.1 Å². The summed E-state index contributed by atoms with van der Waals surface area (Å²) in [7, 11) is 4.61. The number of hydrogen-bond acceptors (Lipinski definition) is 4. The van der Waals surface area contributed by atoms with Crippen molar-refractivity contribution in [2.45, 2.75) is 0 Å². The molecule has 0 aliphatic heterocycles. The van der Waals surface area contributed by atoms with Crippen LogP contribution in [0.5, 0.6) is 11.5 Å². The summed E-state index contributed by atoms with van der Waals surface area (Å²) in [4.78, 5) is 25.5. The number of ether oxygens (including phenoxy) is 1. The fourth-order valence-electron chi connectivity index (χ4n) is 3.45. The van der Waals surface area contributed by atoms with Gasteiger partial charge < -0.3 is 14.4 Å². The first-order chi connectivity index (χ1) is 13.8. The summed E-state index contributed by atoms with van der Waals surface area (Å²) >= 11 is 6.15. The molecule has 8 heteroatoms. The molecule has 2 aromatic carbocycles. The molecule has 29 heavy (non-hydrogen) atoms. The number of phenolic OH excluding ortho intramolecular Hbond substituents is 1. The number of nitrogens with zero attached hydrogens (tertiary/aromatic N) is 3. The minimum atomic E-state index is -0.434. The van der Waals surface area contributed by atoms with Gasteiger partial charge in [-0.3, -0.25) is 13.9 Å². The smallest absolute Gasteiger partial charge is 0.330 e. The van der Waals surface area contributed by atoms with Gasteiger partial charge in [-0.25, -0.2) is 4.79 Å². The Hall–Kier alpha value is -3.45. The number of aromatic nitrogens is 3. The van der Waals surface area contributed by atoms with Crippen LogP contribution in [0.25, 0.3) is 27.8 Å². The standard InChI is InChI=1S/C21H18ClN3O4/c1-23-16-11-25(15-10-13(22)6-9-17(15)26)19(12-4-7-14(29-3)8-5-12)18(16)20(27)24(2)21(23)28/h4-11,26H,1-3H3. The van der Waals surface area contributed by atoms with Gasteiger partial charge in [-0.15, -0.1) is 0 Å². The van der Waals surface area contributed by atoms with E-state index in [0.717, 1.165) is 10.1 Å². The van der Waals surface area contributed by atoms with Gasteiger partial charge in [0.2, 0.25) is 0 Å². The first-order valence-corrected chi connectivity index (χ1v) is 9.15. The van der Waals surface area contributed by atoms with Gasteiger partial charge in [-0.2, -0.15) is 0 Å². The van der Waals surface area contributed by atoms with E-state index >= 15 is 0 Å². The molecular weight excluding hydrogens is 394 g/mol. The van der Waals surface area contributed by atoms with Gasteiger partial charge in [0.1, 0.15) is 11.5 Å². The number of rotatable bonds is 3. The third kappa shape index (κ3) is 2.91. The second kappa shape index (κ2) is 6.86. The van der Waals surface area contributed by atoms with E-state index in [-0.39, 0.29) is 5.75 Å². The lowest BCUT2D eigenvalue weighted by Gasteiger charge is -2.12. The lowest BCUT2D eigenvalue weighted by molar-refractivity contribution is 0.415. The van der Waals surface area contributed by atoms with Crippen LogP contribution in [-0.2, 0) is 14.1 Å². The van der Waals surface area contributed by atoms with Crippen molar-refractivity contribution in [2.24, 2.45) is 14.1 Å². The van der Waals surface area contributed by atoms with Crippen LogP contribution in [0.3, 0.4) is 0 Å². The highest BCUT2D eigenvalue weighted by Gasteiger charge is 2.21. The van der Waals surface area contributed by atoms with Crippen molar-refractivity contribution in [3.05, 3.63) is 74.5 Å². The van der Waals surface area contributed by atoms with Gasteiger partial charge in [-0.1, -0.05) is 11.6 Å². The van der Waals surface area contributed by atoms with E-state index in [1.165, 1.54) is 17.7 Å². The third-order valence-corrected chi connectivity index (χ3v) is 5.23. The van der Waals surface area contributed by atoms with Gasteiger partial charge in [0, 0.05) is 25.3 Å². The van der Waals surface area contributed by atoms with E-state index in [1.54, 1.807) is 49.2 Å². The van der Waals surface area contributed by atoms with Gasteiger partial charge in [-0.05, 0) is 48.0 Å². The Balaban J connectivity index is 2.19. The van der Waals surface area contributed by atoms with Crippen molar-refractivity contribution in [3.63, 3.8) is 0 Å². The molecule has 0 bridgehead atoms. The number of aromatic hydroxyl groups is 1. The molecule has 2 aromatic heterocycles. The summed E-state index contributed by atoms with van der Waals surface area (Å²) < 4.78 is 9.37. The molecule has 4 aromatic rings. The zero-order chi connectivity index (χ0) is 20.9. The highest BCUT2D eigenvalue weighted by molar-refractivity contribution is 6.30. The highest BCUT2D eigenvalue weighted by Crippen LogP contribution is 2.35. The molecule has 0 aliphatic carbocycles. The maximum absolute atomic E-state index is 13.0. The molecule has 4 rings (SSSR count).